The Hall–Kier alpha value is -0.590. The summed E-state index contributed by atoms with van der Waals surface area (Å²) < 4.78 is 24.0. The summed E-state index contributed by atoms with van der Waals surface area (Å²) in [6, 6.07) is -0.555. The Morgan fingerprint density at radius 1 is 1.56 bits per heavy atom. The number of aromatic nitrogens is 2. The van der Waals surface area contributed by atoms with E-state index in [0.29, 0.717) is 10.7 Å². The van der Waals surface area contributed by atoms with Crippen molar-refractivity contribution in [3.8, 4) is 0 Å². The molecule has 0 fully saturated rings. The maximum atomic E-state index is 11.2. The standard InChI is InChI=1S/C9H16ClN3O2S/c1-6(2)13-9(7(10)4-12-13)8(11)5-16(3,14)15/h4,6,8H,5,11H2,1-3H3. The average Bonchev–Trinajstić information content (AvgIpc) is 2.43. The topological polar surface area (TPSA) is 78.0 Å². The molecule has 5 nitrogen and oxygen atoms in total. The van der Waals surface area contributed by atoms with Gasteiger partial charge in [-0.3, -0.25) is 4.68 Å². The van der Waals surface area contributed by atoms with Crippen molar-refractivity contribution in [3.63, 3.8) is 0 Å². The quantitative estimate of drug-likeness (QED) is 0.886. The smallest absolute Gasteiger partial charge is 0.149 e. The highest BCUT2D eigenvalue weighted by molar-refractivity contribution is 7.90. The number of hydrogen-bond acceptors (Lipinski definition) is 4. The fourth-order valence-electron chi connectivity index (χ4n) is 1.51. The normalized spacial score (nSPS) is 14.4. The molecule has 0 spiro atoms. The number of nitrogens with two attached hydrogens (primary N) is 1. The second-order valence-corrected chi connectivity index (χ2v) is 6.71. The van der Waals surface area contributed by atoms with Crippen LogP contribution in [0.15, 0.2) is 6.20 Å². The number of halogens is 1. The molecule has 0 saturated heterocycles. The van der Waals surface area contributed by atoms with E-state index in [1.54, 1.807) is 4.68 Å². The Bertz CT molecular complexity index is 467. The molecule has 1 rings (SSSR count). The van der Waals surface area contributed by atoms with Crippen LogP contribution in [0, 0.1) is 0 Å². The summed E-state index contributed by atoms with van der Waals surface area (Å²) >= 11 is 5.95. The summed E-state index contributed by atoms with van der Waals surface area (Å²) in [6.07, 6.45) is 2.63. The van der Waals surface area contributed by atoms with Gasteiger partial charge >= 0.3 is 0 Å². The summed E-state index contributed by atoms with van der Waals surface area (Å²) in [5.41, 5.74) is 6.41. The van der Waals surface area contributed by atoms with Crippen LogP contribution in [0.2, 0.25) is 5.02 Å². The van der Waals surface area contributed by atoms with Crippen LogP contribution in [0.4, 0.5) is 0 Å². The SMILES string of the molecule is CC(C)n1ncc(Cl)c1C(N)CS(C)(=O)=O. The third-order valence-electron chi connectivity index (χ3n) is 2.11. The van der Waals surface area contributed by atoms with Crippen LogP contribution in [0.3, 0.4) is 0 Å². The number of rotatable bonds is 4. The molecule has 92 valence electrons. The third kappa shape index (κ3) is 3.20. The third-order valence-corrected chi connectivity index (χ3v) is 3.37. The monoisotopic (exact) mass is 265 g/mol. The lowest BCUT2D eigenvalue weighted by Gasteiger charge is -2.16. The Kier molecular flexibility index (Phi) is 3.98. The molecular weight excluding hydrogens is 250 g/mol. The predicted molar refractivity (Wildman–Crippen MR) is 64.3 cm³/mol. The largest absolute Gasteiger partial charge is 0.322 e. The van der Waals surface area contributed by atoms with Crippen molar-refractivity contribution in [2.75, 3.05) is 12.0 Å². The zero-order valence-corrected chi connectivity index (χ0v) is 11.1. The molecule has 7 heteroatoms. The molecule has 1 aromatic heterocycles. The average molecular weight is 266 g/mol. The highest BCUT2D eigenvalue weighted by Crippen LogP contribution is 2.24. The first-order valence-corrected chi connectivity index (χ1v) is 7.32. The van der Waals surface area contributed by atoms with Gasteiger partial charge in [0.1, 0.15) is 9.84 Å². The van der Waals surface area contributed by atoms with E-state index in [-0.39, 0.29) is 11.8 Å². The van der Waals surface area contributed by atoms with Crippen molar-refractivity contribution in [2.24, 2.45) is 5.73 Å². The van der Waals surface area contributed by atoms with Gasteiger partial charge in [0.05, 0.1) is 28.7 Å². The molecule has 0 radical (unpaired) electrons. The number of sulfone groups is 1. The summed E-state index contributed by atoms with van der Waals surface area (Å²) in [4.78, 5) is 0. The van der Waals surface area contributed by atoms with E-state index >= 15 is 0 Å². The first-order chi connectivity index (χ1) is 7.22. The number of nitrogens with zero attached hydrogens (tertiary/aromatic N) is 2. The van der Waals surface area contributed by atoms with Crippen LogP contribution in [-0.4, -0.2) is 30.2 Å². The van der Waals surface area contributed by atoms with Crippen LogP contribution in [0.5, 0.6) is 0 Å². The van der Waals surface area contributed by atoms with Gasteiger partial charge < -0.3 is 5.73 Å². The fourth-order valence-corrected chi connectivity index (χ4v) is 2.59. The van der Waals surface area contributed by atoms with Gasteiger partial charge in [0, 0.05) is 12.3 Å². The minimum absolute atomic E-state index is 0.0908. The Balaban J connectivity index is 3.07. The molecular formula is C9H16ClN3O2S. The fraction of sp³-hybridized carbons (Fsp3) is 0.667. The van der Waals surface area contributed by atoms with Crippen molar-refractivity contribution < 1.29 is 8.42 Å². The molecule has 0 aliphatic rings. The highest BCUT2D eigenvalue weighted by atomic mass is 35.5. The van der Waals surface area contributed by atoms with E-state index in [1.165, 1.54) is 6.20 Å². The molecule has 0 saturated carbocycles. The predicted octanol–water partition coefficient (Wildman–Crippen LogP) is 1.16. The molecule has 0 amide bonds. The molecule has 0 aliphatic carbocycles. The van der Waals surface area contributed by atoms with E-state index in [4.69, 9.17) is 17.3 Å². The van der Waals surface area contributed by atoms with Gasteiger partial charge in [-0.05, 0) is 13.8 Å². The van der Waals surface area contributed by atoms with Gasteiger partial charge in [-0.25, -0.2) is 8.42 Å². The lowest BCUT2D eigenvalue weighted by atomic mass is 10.2. The van der Waals surface area contributed by atoms with Gasteiger partial charge in [0.15, 0.2) is 0 Å². The summed E-state index contributed by atoms with van der Waals surface area (Å²) in [5, 5.41) is 4.48. The van der Waals surface area contributed by atoms with E-state index in [9.17, 15) is 8.42 Å². The first kappa shape index (κ1) is 13.5. The van der Waals surface area contributed by atoms with E-state index in [1.807, 2.05) is 13.8 Å². The van der Waals surface area contributed by atoms with Crippen molar-refractivity contribution in [1.29, 1.82) is 0 Å². The zero-order chi connectivity index (χ0) is 12.5. The lowest BCUT2D eigenvalue weighted by molar-refractivity contribution is 0.493. The minimum atomic E-state index is -3.13. The second kappa shape index (κ2) is 4.73. The van der Waals surface area contributed by atoms with Crippen molar-refractivity contribution in [3.05, 3.63) is 16.9 Å². The second-order valence-electron chi connectivity index (χ2n) is 4.11. The molecule has 16 heavy (non-hydrogen) atoms. The Morgan fingerprint density at radius 3 is 2.56 bits per heavy atom. The lowest BCUT2D eigenvalue weighted by Crippen LogP contribution is -2.25. The van der Waals surface area contributed by atoms with E-state index in [2.05, 4.69) is 5.10 Å². The maximum absolute atomic E-state index is 11.2. The van der Waals surface area contributed by atoms with E-state index in [0.717, 1.165) is 6.26 Å². The maximum Gasteiger partial charge on any atom is 0.149 e. The van der Waals surface area contributed by atoms with Crippen LogP contribution < -0.4 is 5.73 Å². The molecule has 1 aromatic rings. The zero-order valence-electron chi connectivity index (χ0n) is 9.51. The minimum Gasteiger partial charge on any atom is -0.322 e. The van der Waals surface area contributed by atoms with E-state index < -0.39 is 15.9 Å². The van der Waals surface area contributed by atoms with Crippen molar-refractivity contribution >= 4 is 21.4 Å². The van der Waals surface area contributed by atoms with Gasteiger partial charge in [-0.1, -0.05) is 11.6 Å². The van der Waals surface area contributed by atoms with Crippen LogP contribution in [0.25, 0.3) is 0 Å². The highest BCUT2D eigenvalue weighted by Gasteiger charge is 2.21. The molecule has 0 aromatic carbocycles. The first-order valence-electron chi connectivity index (χ1n) is 4.88. The Labute approximate surface area is 100 Å². The van der Waals surface area contributed by atoms with Crippen LogP contribution in [0.1, 0.15) is 31.6 Å². The summed E-state index contributed by atoms with van der Waals surface area (Å²) in [7, 11) is -3.13. The van der Waals surface area contributed by atoms with Gasteiger partial charge in [-0.15, -0.1) is 0 Å². The van der Waals surface area contributed by atoms with Crippen molar-refractivity contribution in [2.45, 2.75) is 25.9 Å². The molecule has 1 atom stereocenters. The molecule has 1 unspecified atom stereocenters. The summed E-state index contributed by atoms with van der Waals surface area (Å²) in [5.74, 6) is -0.134. The Morgan fingerprint density at radius 2 is 2.12 bits per heavy atom. The molecule has 1 heterocycles. The molecule has 0 bridgehead atoms. The number of hydrogen-bond donors (Lipinski definition) is 1. The summed E-state index contributed by atoms with van der Waals surface area (Å²) in [6.45, 7) is 3.86. The molecule has 2 N–H and O–H groups in total. The van der Waals surface area contributed by atoms with Crippen LogP contribution in [-0.2, 0) is 9.84 Å². The van der Waals surface area contributed by atoms with Gasteiger partial charge in [0.2, 0.25) is 0 Å². The van der Waals surface area contributed by atoms with Crippen molar-refractivity contribution in [1.82, 2.24) is 9.78 Å². The van der Waals surface area contributed by atoms with Gasteiger partial charge in [-0.2, -0.15) is 5.10 Å². The van der Waals surface area contributed by atoms with Gasteiger partial charge in [0.25, 0.3) is 0 Å². The molecule has 0 aliphatic heterocycles. The van der Waals surface area contributed by atoms with Crippen LogP contribution >= 0.6 is 11.6 Å².